The van der Waals surface area contributed by atoms with Crippen molar-refractivity contribution in [1.82, 2.24) is 4.90 Å². The van der Waals surface area contributed by atoms with Crippen LogP contribution in [0.1, 0.15) is 30.9 Å². The third kappa shape index (κ3) is 3.41. The molecule has 1 heterocycles. The summed E-state index contributed by atoms with van der Waals surface area (Å²) in [6.07, 6.45) is 3.88. The second-order valence-electron chi connectivity index (χ2n) is 6.31. The van der Waals surface area contributed by atoms with E-state index < -0.39 is 0 Å². The lowest BCUT2D eigenvalue weighted by Gasteiger charge is -2.19. The zero-order valence-corrected chi connectivity index (χ0v) is 13.4. The van der Waals surface area contributed by atoms with E-state index in [-0.39, 0.29) is 18.3 Å². The minimum atomic E-state index is 0. The van der Waals surface area contributed by atoms with Gasteiger partial charge in [0.05, 0.1) is 6.42 Å². The maximum absolute atomic E-state index is 12.4. The van der Waals surface area contributed by atoms with Crippen molar-refractivity contribution in [3.05, 3.63) is 35.4 Å². The zero-order valence-electron chi connectivity index (χ0n) is 12.6. The number of likely N-dealkylation sites (tertiary alicyclic amines) is 1. The van der Waals surface area contributed by atoms with Gasteiger partial charge < -0.3 is 10.6 Å². The fourth-order valence-corrected chi connectivity index (χ4v) is 3.76. The number of amides is 1. The van der Waals surface area contributed by atoms with Crippen molar-refractivity contribution in [1.29, 1.82) is 0 Å². The fourth-order valence-electron chi connectivity index (χ4n) is 3.76. The summed E-state index contributed by atoms with van der Waals surface area (Å²) in [6.45, 7) is 3.94. The third-order valence-electron chi connectivity index (χ3n) is 5.02. The number of hydrogen-bond donors (Lipinski definition) is 1. The number of hydrogen-bond acceptors (Lipinski definition) is 2. The minimum absolute atomic E-state index is 0. The van der Waals surface area contributed by atoms with E-state index in [4.69, 9.17) is 5.73 Å². The second-order valence-corrected chi connectivity index (χ2v) is 6.31. The van der Waals surface area contributed by atoms with Crippen LogP contribution in [0, 0.1) is 11.8 Å². The van der Waals surface area contributed by atoms with E-state index in [1.807, 2.05) is 4.90 Å². The van der Waals surface area contributed by atoms with Gasteiger partial charge in [-0.05, 0) is 42.2 Å². The maximum atomic E-state index is 12.4. The minimum Gasteiger partial charge on any atom is -0.342 e. The Balaban J connectivity index is 0.00000161. The summed E-state index contributed by atoms with van der Waals surface area (Å²) < 4.78 is 0. The van der Waals surface area contributed by atoms with Crippen molar-refractivity contribution in [3.8, 4) is 0 Å². The van der Waals surface area contributed by atoms with Crippen molar-refractivity contribution in [3.63, 3.8) is 0 Å². The van der Waals surface area contributed by atoms with Crippen LogP contribution in [0.5, 0.6) is 0 Å². The van der Waals surface area contributed by atoms with Crippen molar-refractivity contribution >= 4 is 18.3 Å². The first-order chi connectivity index (χ1) is 9.67. The number of benzene rings is 1. The molecule has 2 N–H and O–H groups in total. The highest BCUT2D eigenvalue weighted by molar-refractivity contribution is 5.85. The maximum Gasteiger partial charge on any atom is 0.227 e. The van der Waals surface area contributed by atoms with Crippen LogP contribution in [0.2, 0.25) is 0 Å². The molecule has 1 aliphatic carbocycles. The first-order valence-corrected chi connectivity index (χ1v) is 7.78. The first-order valence-electron chi connectivity index (χ1n) is 7.78. The topological polar surface area (TPSA) is 46.3 Å². The highest BCUT2D eigenvalue weighted by Crippen LogP contribution is 2.37. The summed E-state index contributed by atoms with van der Waals surface area (Å²) in [5, 5.41) is 0. The van der Waals surface area contributed by atoms with E-state index in [1.54, 1.807) is 0 Å². The monoisotopic (exact) mass is 308 g/mol. The van der Waals surface area contributed by atoms with Crippen LogP contribution in [0.15, 0.2) is 24.3 Å². The molecule has 3 unspecified atom stereocenters. The van der Waals surface area contributed by atoms with E-state index in [0.717, 1.165) is 31.5 Å². The van der Waals surface area contributed by atoms with Crippen LogP contribution in [0.25, 0.3) is 0 Å². The quantitative estimate of drug-likeness (QED) is 0.932. The van der Waals surface area contributed by atoms with Gasteiger partial charge in [0, 0.05) is 19.1 Å². The number of nitrogens with zero attached hydrogens (tertiary/aromatic N) is 1. The Morgan fingerprint density at radius 3 is 2.76 bits per heavy atom. The third-order valence-corrected chi connectivity index (χ3v) is 5.02. The molecule has 3 rings (SSSR count). The normalized spacial score (nSPS) is 27.3. The number of nitrogens with two attached hydrogens (primary N) is 1. The predicted molar refractivity (Wildman–Crippen MR) is 87.5 cm³/mol. The molecule has 21 heavy (non-hydrogen) atoms. The van der Waals surface area contributed by atoms with Crippen LogP contribution in [0.4, 0.5) is 0 Å². The van der Waals surface area contributed by atoms with Gasteiger partial charge in [-0.1, -0.05) is 31.2 Å². The molecule has 1 saturated carbocycles. The summed E-state index contributed by atoms with van der Waals surface area (Å²) in [5.41, 5.74) is 8.57. The van der Waals surface area contributed by atoms with Crippen LogP contribution >= 0.6 is 12.4 Å². The molecule has 1 aliphatic heterocycles. The lowest BCUT2D eigenvalue weighted by molar-refractivity contribution is -0.129. The SMILES string of the molecule is CCc1cccc(CC(=O)N2CC3CCC(N)C3C2)c1.Cl. The average molecular weight is 309 g/mol. The highest BCUT2D eigenvalue weighted by atomic mass is 35.5. The number of carbonyl (C=O) groups is 1. The molecular formula is C17H25ClN2O. The summed E-state index contributed by atoms with van der Waals surface area (Å²) in [5.74, 6) is 1.46. The zero-order chi connectivity index (χ0) is 14.1. The van der Waals surface area contributed by atoms with Crippen LogP contribution in [-0.4, -0.2) is 29.9 Å². The molecule has 116 valence electrons. The van der Waals surface area contributed by atoms with Gasteiger partial charge in [-0.2, -0.15) is 0 Å². The van der Waals surface area contributed by atoms with Gasteiger partial charge in [0.2, 0.25) is 5.91 Å². The van der Waals surface area contributed by atoms with Gasteiger partial charge in [0.15, 0.2) is 0 Å². The van der Waals surface area contributed by atoms with Gasteiger partial charge in [0.1, 0.15) is 0 Å². The van der Waals surface area contributed by atoms with E-state index in [9.17, 15) is 4.79 Å². The molecule has 1 aromatic rings. The van der Waals surface area contributed by atoms with Crippen molar-refractivity contribution in [2.45, 2.75) is 38.6 Å². The molecule has 3 nitrogen and oxygen atoms in total. The summed E-state index contributed by atoms with van der Waals surface area (Å²) in [4.78, 5) is 14.5. The molecule has 1 aromatic carbocycles. The molecule has 0 aromatic heterocycles. The second kappa shape index (κ2) is 6.80. The van der Waals surface area contributed by atoms with Crippen LogP contribution in [-0.2, 0) is 17.6 Å². The van der Waals surface area contributed by atoms with E-state index >= 15 is 0 Å². The molecule has 0 bridgehead atoms. The van der Waals surface area contributed by atoms with Gasteiger partial charge >= 0.3 is 0 Å². The number of halogens is 1. The molecule has 0 radical (unpaired) electrons. The number of aryl methyl sites for hydroxylation is 1. The molecule has 1 saturated heterocycles. The van der Waals surface area contributed by atoms with E-state index in [2.05, 4.69) is 31.2 Å². The smallest absolute Gasteiger partial charge is 0.227 e. The first kappa shape index (κ1) is 16.3. The molecule has 0 spiro atoms. The van der Waals surface area contributed by atoms with Gasteiger partial charge in [0.25, 0.3) is 0 Å². The standard InChI is InChI=1S/C17H24N2O.ClH/c1-2-12-4-3-5-13(8-12)9-17(20)19-10-14-6-7-16(18)15(14)11-19;/h3-5,8,14-16H,2,6-7,9-11,18H2,1H3;1H. The Morgan fingerprint density at radius 1 is 1.29 bits per heavy atom. The number of rotatable bonds is 3. The Labute approximate surface area is 133 Å². The van der Waals surface area contributed by atoms with Crippen molar-refractivity contribution < 1.29 is 4.79 Å². The molecule has 4 heteroatoms. The van der Waals surface area contributed by atoms with Crippen molar-refractivity contribution in [2.75, 3.05) is 13.1 Å². The largest absolute Gasteiger partial charge is 0.342 e. The average Bonchev–Trinajstić information content (AvgIpc) is 3.02. The lowest BCUT2D eigenvalue weighted by atomic mass is 9.98. The van der Waals surface area contributed by atoms with Gasteiger partial charge in [-0.15, -0.1) is 12.4 Å². The predicted octanol–water partition coefficient (Wildman–Crippen LogP) is 2.41. The molecular weight excluding hydrogens is 284 g/mol. The van der Waals surface area contributed by atoms with Crippen molar-refractivity contribution in [2.24, 2.45) is 17.6 Å². The Morgan fingerprint density at radius 2 is 2.05 bits per heavy atom. The fraction of sp³-hybridized carbons (Fsp3) is 0.588. The molecule has 2 aliphatic rings. The van der Waals surface area contributed by atoms with E-state index in [0.29, 0.717) is 24.3 Å². The Bertz CT molecular complexity index is 505. The number of fused-ring (bicyclic) bond motifs is 1. The Hall–Kier alpha value is -1.06. The Kier molecular flexibility index (Phi) is 5.28. The van der Waals surface area contributed by atoms with Crippen LogP contribution in [0.3, 0.4) is 0 Å². The van der Waals surface area contributed by atoms with Gasteiger partial charge in [-0.25, -0.2) is 0 Å². The highest BCUT2D eigenvalue weighted by Gasteiger charge is 2.42. The molecule has 1 amide bonds. The summed E-state index contributed by atoms with van der Waals surface area (Å²) in [7, 11) is 0. The number of carbonyl (C=O) groups excluding carboxylic acids is 1. The lowest BCUT2D eigenvalue weighted by Crippen LogP contribution is -2.34. The van der Waals surface area contributed by atoms with E-state index in [1.165, 1.54) is 12.0 Å². The van der Waals surface area contributed by atoms with Crippen LogP contribution < -0.4 is 5.73 Å². The summed E-state index contributed by atoms with van der Waals surface area (Å²) >= 11 is 0. The summed E-state index contributed by atoms with van der Waals surface area (Å²) in [6, 6.07) is 8.69. The molecule has 3 atom stereocenters. The van der Waals surface area contributed by atoms with Gasteiger partial charge in [-0.3, -0.25) is 4.79 Å². The molecule has 2 fully saturated rings.